The number of hydrogen-bond acceptors (Lipinski definition) is 3. The fraction of sp³-hybridized carbons (Fsp3) is 0.600. The lowest BCUT2D eigenvalue weighted by Crippen LogP contribution is -2.34. The SMILES string of the molecule is CCCCOc1ccc(NN2CCCCC2)cc1. The molecule has 0 saturated carbocycles. The lowest BCUT2D eigenvalue weighted by Gasteiger charge is -2.27. The standard InChI is InChI=1S/C15H24N2O/c1-2-3-13-18-15-9-7-14(8-10-15)16-17-11-5-4-6-12-17/h7-10,16H,2-6,11-13H2,1H3. The molecule has 0 aliphatic carbocycles. The molecule has 0 radical (unpaired) electrons. The first kappa shape index (κ1) is 13.2. The summed E-state index contributed by atoms with van der Waals surface area (Å²) in [5.74, 6) is 0.965. The Balaban J connectivity index is 1.79. The molecule has 0 atom stereocenters. The number of ether oxygens (including phenoxy) is 1. The predicted octanol–water partition coefficient (Wildman–Crippen LogP) is 3.68. The van der Waals surface area contributed by atoms with Crippen LogP contribution in [0.5, 0.6) is 5.75 Å². The first-order valence-corrected chi connectivity index (χ1v) is 7.13. The van der Waals surface area contributed by atoms with E-state index >= 15 is 0 Å². The van der Waals surface area contributed by atoms with Crippen molar-refractivity contribution in [3.63, 3.8) is 0 Å². The van der Waals surface area contributed by atoms with Gasteiger partial charge in [0, 0.05) is 18.8 Å². The molecule has 0 bridgehead atoms. The van der Waals surface area contributed by atoms with Crippen molar-refractivity contribution in [1.29, 1.82) is 0 Å². The van der Waals surface area contributed by atoms with Crippen LogP contribution in [-0.2, 0) is 0 Å². The normalized spacial score (nSPS) is 16.5. The van der Waals surface area contributed by atoms with Crippen molar-refractivity contribution in [3.8, 4) is 5.75 Å². The van der Waals surface area contributed by atoms with Crippen LogP contribution < -0.4 is 10.2 Å². The van der Waals surface area contributed by atoms with Gasteiger partial charge in [-0.1, -0.05) is 19.8 Å². The van der Waals surface area contributed by atoms with Crippen molar-refractivity contribution in [3.05, 3.63) is 24.3 Å². The minimum atomic E-state index is 0.815. The minimum Gasteiger partial charge on any atom is -0.494 e. The van der Waals surface area contributed by atoms with Crippen LogP contribution in [0.25, 0.3) is 0 Å². The van der Waals surface area contributed by atoms with E-state index in [4.69, 9.17) is 4.74 Å². The van der Waals surface area contributed by atoms with Gasteiger partial charge in [0.05, 0.1) is 6.61 Å². The molecule has 1 aliphatic rings. The van der Waals surface area contributed by atoms with Crippen molar-refractivity contribution in [2.24, 2.45) is 0 Å². The Kier molecular flexibility index (Phi) is 5.34. The van der Waals surface area contributed by atoms with E-state index in [0.29, 0.717) is 0 Å². The Morgan fingerprint density at radius 3 is 2.50 bits per heavy atom. The van der Waals surface area contributed by atoms with Gasteiger partial charge in [-0.05, 0) is 43.5 Å². The van der Waals surface area contributed by atoms with E-state index in [1.54, 1.807) is 0 Å². The Labute approximate surface area is 110 Å². The van der Waals surface area contributed by atoms with Crippen LogP contribution >= 0.6 is 0 Å². The summed E-state index contributed by atoms with van der Waals surface area (Å²) < 4.78 is 5.65. The maximum atomic E-state index is 5.65. The highest BCUT2D eigenvalue weighted by molar-refractivity contribution is 5.45. The third-order valence-corrected chi connectivity index (χ3v) is 3.26. The monoisotopic (exact) mass is 248 g/mol. The average Bonchev–Trinajstić information content (AvgIpc) is 2.42. The highest BCUT2D eigenvalue weighted by Gasteiger charge is 2.09. The van der Waals surface area contributed by atoms with Gasteiger partial charge in [0.15, 0.2) is 0 Å². The lowest BCUT2D eigenvalue weighted by atomic mass is 10.2. The third kappa shape index (κ3) is 4.22. The average molecular weight is 248 g/mol. The second kappa shape index (κ2) is 7.27. The first-order chi connectivity index (χ1) is 8.88. The number of nitrogens with zero attached hydrogens (tertiary/aromatic N) is 1. The number of hydrogen-bond donors (Lipinski definition) is 1. The van der Waals surface area contributed by atoms with Crippen LogP contribution in [0.1, 0.15) is 39.0 Å². The minimum absolute atomic E-state index is 0.815. The van der Waals surface area contributed by atoms with E-state index in [2.05, 4.69) is 29.5 Å². The summed E-state index contributed by atoms with van der Waals surface area (Å²) in [7, 11) is 0. The van der Waals surface area contributed by atoms with Gasteiger partial charge >= 0.3 is 0 Å². The molecule has 1 heterocycles. The molecule has 1 N–H and O–H groups in total. The van der Waals surface area contributed by atoms with Gasteiger partial charge in [-0.2, -0.15) is 0 Å². The van der Waals surface area contributed by atoms with Crippen molar-refractivity contribution in [1.82, 2.24) is 5.01 Å². The molecule has 1 saturated heterocycles. The molecule has 1 fully saturated rings. The fourth-order valence-corrected chi connectivity index (χ4v) is 2.15. The molecule has 1 aromatic rings. The topological polar surface area (TPSA) is 24.5 Å². The summed E-state index contributed by atoms with van der Waals surface area (Å²) in [6, 6.07) is 8.27. The van der Waals surface area contributed by atoms with Crippen LogP contribution in [-0.4, -0.2) is 24.7 Å². The Bertz CT molecular complexity index is 331. The predicted molar refractivity (Wildman–Crippen MR) is 75.9 cm³/mol. The van der Waals surface area contributed by atoms with Gasteiger partial charge in [0.1, 0.15) is 5.75 Å². The second-order valence-electron chi connectivity index (χ2n) is 4.89. The van der Waals surface area contributed by atoms with Crippen molar-refractivity contribution < 1.29 is 4.74 Å². The van der Waals surface area contributed by atoms with E-state index < -0.39 is 0 Å². The quantitative estimate of drug-likeness (QED) is 0.777. The van der Waals surface area contributed by atoms with Crippen molar-refractivity contribution in [2.45, 2.75) is 39.0 Å². The summed E-state index contributed by atoms with van der Waals surface area (Å²) >= 11 is 0. The summed E-state index contributed by atoms with van der Waals surface area (Å²) in [5.41, 5.74) is 4.61. The highest BCUT2D eigenvalue weighted by atomic mass is 16.5. The molecule has 1 aromatic carbocycles. The summed E-state index contributed by atoms with van der Waals surface area (Å²) in [4.78, 5) is 0. The van der Waals surface area contributed by atoms with Crippen molar-refractivity contribution >= 4 is 5.69 Å². The number of hydrazine groups is 1. The van der Waals surface area contributed by atoms with E-state index in [1.807, 2.05) is 12.1 Å². The fourth-order valence-electron chi connectivity index (χ4n) is 2.15. The zero-order chi connectivity index (χ0) is 12.6. The molecule has 2 rings (SSSR count). The molecule has 0 unspecified atom stereocenters. The molecule has 3 heteroatoms. The van der Waals surface area contributed by atoms with Crippen molar-refractivity contribution in [2.75, 3.05) is 25.1 Å². The molecule has 0 amide bonds. The smallest absolute Gasteiger partial charge is 0.119 e. The zero-order valence-corrected chi connectivity index (χ0v) is 11.3. The van der Waals surface area contributed by atoms with Crippen LogP contribution in [0.3, 0.4) is 0 Å². The molecular formula is C15H24N2O. The number of benzene rings is 1. The van der Waals surface area contributed by atoms with Gasteiger partial charge in [0.25, 0.3) is 0 Å². The Hall–Kier alpha value is -1.22. The van der Waals surface area contributed by atoms with Crippen LogP contribution in [0.2, 0.25) is 0 Å². The molecule has 18 heavy (non-hydrogen) atoms. The summed E-state index contributed by atoms with van der Waals surface area (Å²) in [6.07, 6.45) is 6.25. The first-order valence-electron chi connectivity index (χ1n) is 7.13. The maximum Gasteiger partial charge on any atom is 0.119 e. The van der Waals surface area contributed by atoms with Gasteiger partial charge in [-0.15, -0.1) is 0 Å². The van der Waals surface area contributed by atoms with Gasteiger partial charge < -0.3 is 10.2 Å². The Morgan fingerprint density at radius 2 is 1.83 bits per heavy atom. The van der Waals surface area contributed by atoms with Gasteiger partial charge in [-0.3, -0.25) is 0 Å². The van der Waals surface area contributed by atoms with Crippen LogP contribution in [0.4, 0.5) is 5.69 Å². The number of unbranched alkanes of at least 4 members (excludes halogenated alkanes) is 1. The highest BCUT2D eigenvalue weighted by Crippen LogP contribution is 2.18. The van der Waals surface area contributed by atoms with E-state index in [-0.39, 0.29) is 0 Å². The lowest BCUT2D eigenvalue weighted by molar-refractivity contribution is 0.273. The summed E-state index contributed by atoms with van der Waals surface area (Å²) in [5, 5.41) is 2.30. The zero-order valence-electron chi connectivity index (χ0n) is 11.3. The van der Waals surface area contributed by atoms with Crippen LogP contribution in [0, 0.1) is 0 Å². The number of piperidine rings is 1. The second-order valence-corrected chi connectivity index (χ2v) is 4.89. The van der Waals surface area contributed by atoms with Gasteiger partial charge in [0.2, 0.25) is 0 Å². The maximum absolute atomic E-state index is 5.65. The van der Waals surface area contributed by atoms with Crippen LogP contribution in [0.15, 0.2) is 24.3 Å². The summed E-state index contributed by atoms with van der Waals surface area (Å²) in [6.45, 7) is 5.29. The molecule has 3 nitrogen and oxygen atoms in total. The number of anilines is 1. The number of nitrogens with one attached hydrogen (secondary N) is 1. The molecule has 0 spiro atoms. The molecule has 1 aliphatic heterocycles. The van der Waals surface area contributed by atoms with E-state index in [1.165, 1.54) is 25.7 Å². The molecule has 0 aromatic heterocycles. The molecular weight excluding hydrogens is 224 g/mol. The van der Waals surface area contributed by atoms with E-state index in [0.717, 1.165) is 37.6 Å². The molecule has 100 valence electrons. The van der Waals surface area contributed by atoms with E-state index in [9.17, 15) is 0 Å². The third-order valence-electron chi connectivity index (χ3n) is 3.26. The number of rotatable bonds is 6. The Morgan fingerprint density at radius 1 is 1.11 bits per heavy atom. The largest absolute Gasteiger partial charge is 0.494 e. The van der Waals surface area contributed by atoms with Gasteiger partial charge in [-0.25, -0.2) is 5.01 Å².